The van der Waals surface area contributed by atoms with Crippen LogP contribution in [0.25, 0.3) is 11.4 Å². The standard InChI is InChI=1S/C20H24N6O3S/c1-25(2)15-8-6-14(7-9-15)22-18(27)12-30-20-24-23-19(26(20)21)13-5-10-16(28-3)17(11-13)29-4/h5-11H,12,21H2,1-4H3,(H,22,27). The molecule has 2 aromatic carbocycles. The number of anilines is 2. The monoisotopic (exact) mass is 428 g/mol. The molecule has 1 amide bonds. The van der Waals surface area contributed by atoms with E-state index in [0.717, 1.165) is 16.9 Å². The molecule has 0 unspecified atom stereocenters. The molecule has 10 heteroatoms. The normalized spacial score (nSPS) is 10.5. The number of hydrogen-bond donors (Lipinski definition) is 2. The third-order valence-electron chi connectivity index (χ3n) is 4.31. The molecule has 9 nitrogen and oxygen atoms in total. The van der Waals surface area contributed by atoms with Crippen LogP contribution in [0.5, 0.6) is 11.5 Å². The minimum absolute atomic E-state index is 0.150. The van der Waals surface area contributed by atoms with Crippen LogP contribution in [0.2, 0.25) is 0 Å². The molecule has 3 N–H and O–H groups in total. The minimum Gasteiger partial charge on any atom is -0.493 e. The highest BCUT2D eigenvalue weighted by Gasteiger charge is 2.16. The lowest BCUT2D eigenvalue weighted by Crippen LogP contribution is -2.16. The molecule has 0 fully saturated rings. The Morgan fingerprint density at radius 3 is 2.43 bits per heavy atom. The fourth-order valence-corrected chi connectivity index (χ4v) is 3.37. The molecule has 0 atom stereocenters. The van der Waals surface area contributed by atoms with Gasteiger partial charge in [0.1, 0.15) is 0 Å². The number of nitrogens with zero attached hydrogens (tertiary/aromatic N) is 4. The molecule has 3 aromatic rings. The lowest BCUT2D eigenvalue weighted by Gasteiger charge is -2.13. The number of rotatable bonds is 8. The second-order valence-electron chi connectivity index (χ2n) is 6.52. The zero-order valence-electron chi connectivity index (χ0n) is 17.2. The molecule has 0 saturated carbocycles. The van der Waals surface area contributed by atoms with Gasteiger partial charge in [0.25, 0.3) is 0 Å². The predicted molar refractivity (Wildman–Crippen MR) is 119 cm³/mol. The van der Waals surface area contributed by atoms with Crippen molar-refractivity contribution < 1.29 is 14.3 Å². The summed E-state index contributed by atoms with van der Waals surface area (Å²) in [6.07, 6.45) is 0. The van der Waals surface area contributed by atoms with E-state index in [1.807, 2.05) is 49.3 Å². The van der Waals surface area contributed by atoms with E-state index in [1.165, 1.54) is 16.4 Å². The summed E-state index contributed by atoms with van der Waals surface area (Å²) in [5.74, 6) is 7.76. The Kier molecular flexibility index (Phi) is 6.68. The quantitative estimate of drug-likeness (QED) is 0.416. The van der Waals surface area contributed by atoms with Crippen LogP contribution in [0.4, 0.5) is 11.4 Å². The third kappa shape index (κ3) is 4.77. The van der Waals surface area contributed by atoms with Crippen molar-refractivity contribution in [2.75, 3.05) is 50.1 Å². The van der Waals surface area contributed by atoms with Crippen LogP contribution < -0.4 is 25.5 Å². The molecule has 158 valence electrons. The number of nitrogens with one attached hydrogen (secondary N) is 1. The van der Waals surface area contributed by atoms with Gasteiger partial charge < -0.3 is 25.5 Å². The summed E-state index contributed by atoms with van der Waals surface area (Å²) in [5.41, 5.74) is 2.51. The molecular formula is C20H24N6O3S. The maximum atomic E-state index is 12.3. The van der Waals surface area contributed by atoms with E-state index in [1.54, 1.807) is 26.4 Å². The summed E-state index contributed by atoms with van der Waals surface area (Å²) < 4.78 is 11.9. The molecule has 0 radical (unpaired) electrons. The van der Waals surface area contributed by atoms with Gasteiger partial charge in [0, 0.05) is 31.0 Å². The summed E-state index contributed by atoms with van der Waals surface area (Å²) in [4.78, 5) is 14.3. The number of nitrogen functional groups attached to an aromatic ring is 1. The Balaban J connectivity index is 1.64. The van der Waals surface area contributed by atoms with Gasteiger partial charge in [0.05, 0.1) is 20.0 Å². The Morgan fingerprint density at radius 1 is 1.10 bits per heavy atom. The third-order valence-corrected chi connectivity index (χ3v) is 5.25. The molecule has 0 aliphatic rings. The zero-order chi connectivity index (χ0) is 21.7. The number of amides is 1. The van der Waals surface area contributed by atoms with Crippen LogP contribution in [0, 0.1) is 0 Å². The van der Waals surface area contributed by atoms with E-state index >= 15 is 0 Å². The number of methoxy groups -OCH3 is 2. The van der Waals surface area contributed by atoms with Gasteiger partial charge in [-0.1, -0.05) is 11.8 Å². The van der Waals surface area contributed by atoms with E-state index in [0.29, 0.717) is 22.5 Å². The Bertz CT molecular complexity index is 1020. The van der Waals surface area contributed by atoms with E-state index in [-0.39, 0.29) is 11.7 Å². The van der Waals surface area contributed by atoms with Gasteiger partial charge in [-0.2, -0.15) is 0 Å². The molecule has 1 heterocycles. The highest BCUT2D eigenvalue weighted by Crippen LogP contribution is 2.32. The van der Waals surface area contributed by atoms with E-state index in [2.05, 4.69) is 15.5 Å². The van der Waals surface area contributed by atoms with Crippen molar-refractivity contribution >= 4 is 29.0 Å². The van der Waals surface area contributed by atoms with E-state index in [4.69, 9.17) is 15.3 Å². The number of carbonyl (C=O) groups is 1. The largest absolute Gasteiger partial charge is 0.493 e. The minimum atomic E-state index is -0.159. The molecule has 0 aliphatic heterocycles. The molecule has 1 aromatic heterocycles. The Labute approximate surface area is 179 Å². The first kappa shape index (κ1) is 21.3. The van der Waals surface area contributed by atoms with Crippen molar-refractivity contribution in [3.63, 3.8) is 0 Å². The van der Waals surface area contributed by atoms with Crippen LogP contribution in [0.3, 0.4) is 0 Å². The van der Waals surface area contributed by atoms with Crippen molar-refractivity contribution in [1.29, 1.82) is 0 Å². The highest BCUT2D eigenvalue weighted by molar-refractivity contribution is 7.99. The number of aromatic nitrogens is 3. The Hall–Kier alpha value is -3.40. The molecule has 0 spiro atoms. The molecular weight excluding hydrogens is 404 g/mol. The summed E-state index contributed by atoms with van der Waals surface area (Å²) in [7, 11) is 7.05. The number of nitrogens with two attached hydrogens (primary N) is 1. The van der Waals surface area contributed by atoms with Gasteiger partial charge in [-0.25, -0.2) is 4.68 Å². The lowest BCUT2D eigenvalue weighted by atomic mass is 10.2. The molecule has 0 saturated heterocycles. The van der Waals surface area contributed by atoms with E-state index < -0.39 is 0 Å². The van der Waals surface area contributed by atoms with Gasteiger partial charge in [0.2, 0.25) is 11.1 Å². The maximum absolute atomic E-state index is 12.3. The number of hydrogen-bond acceptors (Lipinski definition) is 8. The lowest BCUT2D eigenvalue weighted by molar-refractivity contribution is -0.113. The van der Waals surface area contributed by atoms with Crippen molar-refractivity contribution in [2.24, 2.45) is 0 Å². The Morgan fingerprint density at radius 2 is 1.80 bits per heavy atom. The van der Waals surface area contributed by atoms with Crippen molar-refractivity contribution in [3.05, 3.63) is 42.5 Å². The van der Waals surface area contributed by atoms with Crippen LogP contribution in [0.15, 0.2) is 47.6 Å². The summed E-state index contributed by atoms with van der Waals surface area (Å²) in [6.45, 7) is 0. The first-order valence-electron chi connectivity index (χ1n) is 9.06. The second-order valence-corrected chi connectivity index (χ2v) is 7.47. The number of carbonyl (C=O) groups excluding carboxylic acids is 1. The molecule has 0 aliphatic carbocycles. The second kappa shape index (κ2) is 9.40. The first-order valence-corrected chi connectivity index (χ1v) is 10.0. The SMILES string of the molecule is COc1ccc(-c2nnc(SCC(=O)Nc3ccc(N(C)C)cc3)n2N)cc1OC. The number of thioether (sulfide) groups is 1. The van der Waals surface area contributed by atoms with Gasteiger partial charge in [-0.3, -0.25) is 4.79 Å². The van der Waals surface area contributed by atoms with Gasteiger partial charge >= 0.3 is 0 Å². The smallest absolute Gasteiger partial charge is 0.234 e. The molecule has 30 heavy (non-hydrogen) atoms. The van der Waals surface area contributed by atoms with Crippen molar-refractivity contribution in [3.8, 4) is 22.9 Å². The fraction of sp³-hybridized carbons (Fsp3) is 0.250. The zero-order valence-corrected chi connectivity index (χ0v) is 18.1. The maximum Gasteiger partial charge on any atom is 0.234 e. The van der Waals surface area contributed by atoms with Gasteiger partial charge in [-0.15, -0.1) is 10.2 Å². The van der Waals surface area contributed by atoms with Gasteiger partial charge in [0.15, 0.2) is 17.3 Å². The average Bonchev–Trinajstić information content (AvgIpc) is 3.12. The van der Waals surface area contributed by atoms with Crippen molar-refractivity contribution in [1.82, 2.24) is 14.9 Å². The van der Waals surface area contributed by atoms with Crippen LogP contribution in [0.1, 0.15) is 0 Å². The van der Waals surface area contributed by atoms with Crippen LogP contribution >= 0.6 is 11.8 Å². The average molecular weight is 429 g/mol. The van der Waals surface area contributed by atoms with Crippen LogP contribution in [-0.2, 0) is 4.79 Å². The first-order chi connectivity index (χ1) is 14.4. The fourth-order valence-electron chi connectivity index (χ4n) is 2.72. The number of benzene rings is 2. The summed E-state index contributed by atoms with van der Waals surface area (Å²) in [6, 6.07) is 12.9. The molecule has 0 bridgehead atoms. The summed E-state index contributed by atoms with van der Waals surface area (Å²) >= 11 is 1.20. The summed E-state index contributed by atoms with van der Waals surface area (Å²) in [5, 5.41) is 11.5. The number of ether oxygens (including phenoxy) is 2. The molecule has 3 rings (SSSR count). The van der Waals surface area contributed by atoms with E-state index in [9.17, 15) is 4.79 Å². The van der Waals surface area contributed by atoms with Crippen molar-refractivity contribution in [2.45, 2.75) is 5.16 Å². The highest BCUT2D eigenvalue weighted by atomic mass is 32.2. The van der Waals surface area contributed by atoms with Crippen LogP contribution in [-0.4, -0.2) is 54.8 Å². The topological polar surface area (TPSA) is 108 Å². The van der Waals surface area contributed by atoms with Gasteiger partial charge in [-0.05, 0) is 42.5 Å². The predicted octanol–water partition coefficient (Wildman–Crippen LogP) is 2.47.